The molecule has 0 fully saturated rings. The van der Waals surface area contributed by atoms with Crippen molar-refractivity contribution in [3.05, 3.63) is 64.9 Å². The van der Waals surface area contributed by atoms with Gasteiger partial charge >= 0.3 is 0 Å². The van der Waals surface area contributed by atoms with E-state index >= 15 is 0 Å². The van der Waals surface area contributed by atoms with Gasteiger partial charge in [-0.15, -0.1) is 10.2 Å². The first-order valence-electron chi connectivity index (χ1n) is 9.19. The third-order valence-corrected chi connectivity index (χ3v) is 5.95. The average molecular weight is 430 g/mol. The summed E-state index contributed by atoms with van der Waals surface area (Å²) in [4.78, 5) is 13.2. The predicted octanol–water partition coefficient (Wildman–Crippen LogP) is 4.04. The van der Waals surface area contributed by atoms with E-state index in [-0.39, 0.29) is 11.9 Å². The van der Waals surface area contributed by atoms with E-state index in [4.69, 9.17) is 16.3 Å². The van der Waals surface area contributed by atoms with Gasteiger partial charge in [-0.05, 0) is 49.7 Å². The molecule has 29 heavy (non-hydrogen) atoms. The third-order valence-electron chi connectivity index (χ3n) is 4.50. The maximum atomic E-state index is 13.2. The highest BCUT2D eigenvalue weighted by atomic mass is 35.5. The number of thioether (sulfide) groups is 1. The van der Waals surface area contributed by atoms with Gasteiger partial charge in [-0.3, -0.25) is 4.79 Å². The number of hydrogen-bond acceptors (Lipinski definition) is 6. The molecule has 0 saturated heterocycles. The van der Waals surface area contributed by atoms with Gasteiger partial charge in [0.1, 0.15) is 16.8 Å². The summed E-state index contributed by atoms with van der Waals surface area (Å²) in [6, 6.07) is 14.6. The molecule has 7 nitrogen and oxygen atoms in total. The maximum Gasteiger partial charge on any atom is 0.240 e. The number of ether oxygens (including phenoxy) is 1. The van der Waals surface area contributed by atoms with Crippen molar-refractivity contribution in [1.29, 1.82) is 0 Å². The first-order chi connectivity index (χ1) is 14.0. The van der Waals surface area contributed by atoms with Crippen LogP contribution in [0.1, 0.15) is 24.4 Å². The minimum Gasteiger partial charge on any atom is -0.494 e. The highest BCUT2D eigenvalue weighted by Crippen LogP contribution is 2.38. The Morgan fingerprint density at radius 1 is 1.28 bits per heavy atom. The molecule has 2 atom stereocenters. The van der Waals surface area contributed by atoms with Crippen LogP contribution in [0.15, 0.2) is 53.7 Å². The number of amides is 1. The van der Waals surface area contributed by atoms with Crippen LogP contribution in [0.25, 0.3) is 0 Å². The number of nitrogens with one attached hydrogen (secondary N) is 2. The molecule has 1 aromatic heterocycles. The lowest BCUT2D eigenvalue weighted by atomic mass is 10.0. The van der Waals surface area contributed by atoms with Crippen molar-refractivity contribution in [2.24, 2.45) is 0 Å². The van der Waals surface area contributed by atoms with Crippen LogP contribution in [-0.4, -0.2) is 32.6 Å². The Morgan fingerprint density at radius 2 is 2.07 bits per heavy atom. The third kappa shape index (κ3) is 4.18. The standard InChI is InChI=1S/C20H20ClN5O2S/c1-3-28-16-9-7-13(8-10-16)17-18(29-20-24-23-12(2)26(20)25-17)19(27)22-15-6-4-5-14(21)11-15/h4-11,17-18,25H,3H2,1-2H3,(H,22,27). The van der Waals surface area contributed by atoms with Crippen LogP contribution < -0.4 is 15.5 Å². The van der Waals surface area contributed by atoms with E-state index in [0.29, 0.717) is 22.5 Å². The molecule has 0 saturated carbocycles. The number of aromatic nitrogens is 3. The van der Waals surface area contributed by atoms with E-state index in [2.05, 4.69) is 20.9 Å². The highest BCUT2D eigenvalue weighted by Gasteiger charge is 2.37. The zero-order valence-corrected chi connectivity index (χ0v) is 17.5. The Bertz CT molecular complexity index is 1020. The van der Waals surface area contributed by atoms with Crippen LogP contribution >= 0.6 is 23.4 Å². The number of aryl methyl sites for hydroxylation is 1. The van der Waals surface area contributed by atoms with E-state index < -0.39 is 5.25 Å². The summed E-state index contributed by atoms with van der Waals surface area (Å²) in [5, 5.41) is 12.0. The minimum atomic E-state index is -0.456. The molecule has 2 aromatic carbocycles. The van der Waals surface area contributed by atoms with Gasteiger partial charge in [0.05, 0.1) is 12.6 Å². The van der Waals surface area contributed by atoms with Gasteiger partial charge in [-0.1, -0.05) is 41.6 Å². The molecule has 150 valence electrons. The number of rotatable bonds is 5. The molecule has 3 aromatic rings. The average Bonchev–Trinajstić information content (AvgIpc) is 3.08. The summed E-state index contributed by atoms with van der Waals surface area (Å²) in [6.07, 6.45) is 0. The van der Waals surface area contributed by atoms with Gasteiger partial charge in [-0.25, -0.2) is 4.68 Å². The smallest absolute Gasteiger partial charge is 0.240 e. The van der Waals surface area contributed by atoms with Crippen LogP contribution in [-0.2, 0) is 4.79 Å². The van der Waals surface area contributed by atoms with Crippen molar-refractivity contribution >= 4 is 35.0 Å². The Morgan fingerprint density at radius 3 is 2.79 bits per heavy atom. The van der Waals surface area contributed by atoms with E-state index in [1.54, 1.807) is 18.2 Å². The lowest BCUT2D eigenvalue weighted by Gasteiger charge is -2.32. The highest BCUT2D eigenvalue weighted by molar-refractivity contribution is 8.00. The monoisotopic (exact) mass is 429 g/mol. The second kappa shape index (κ2) is 8.34. The fraction of sp³-hybridized carbons (Fsp3) is 0.250. The second-order valence-corrected chi connectivity index (χ2v) is 8.06. The number of fused-ring (bicyclic) bond motifs is 1. The van der Waals surface area contributed by atoms with Crippen molar-refractivity contribution in [3.63, 3.8) is 0 Å². The van der Waals surface area contributed by atoms with Gasteiger partial charge in [0.2, 0.25) is 11.1 Å². The van der Waals surface area contributed by atoms with Crippen molar-refractivity contribution in [3.8, 4) is 5.75 Å². The number of halogens is 1. The second-order valence-electron chi connectivity index (χ2n) is 6.51. The molecule has 4 rings (SSSR count). The van der Waals surface area contributed by atoms with E-state index in [1.807, 2.05) is 48.9 Å². The first-order valence-corrected chi connectivity index (χ1v) is 10.5. The zero-order chi connectivity index (χ0) is 20.4. The lowest BCUT2D eigenvalue weighted by Crippen LogP contribution is -2.41. The number of carbonyl (C=O) groups excluding carboxylic acids is 1. The zero-order valence-electron chi connectivity index (χ0n) is 15.9. The SMILES string of the molecule is CCOc1ccc(C2Nn3c(C)nnc3SC2C(=O)Nc2cccc(Cl)c2)cc1. The summed E-state index contributed by atoms with van der Waals surface area (Å²) in [6.45, 7) is 4.41. The van der Waals surface area contributed by atoms with E-state index in [0.717, 1.165) is 17.1 Å². The van der Waals surface area contributed by atoms with Gasteiger partial charge in [0, 0.05) is 10.7 Å². The minimum absolute atomic E-state index is 0.143. The van der Waals surface area contributed by atoms with Crippen LogP contribution in [0.3, 0.4) is 0 Å². The van der Waals surface area contributed by atoms with Crippen molar-refractivity contribution in [1.82, 2.24) is 14.9 Å². The molecular weight excluding hydrogens is 410 g/mol. The van der Waals surface area contributed by atoms with Crippen LogP contribution in [0.2, 0.25) is 5.02 Å². The fourth-order valence-corrected chi connectivity index (χ4v) is 4.44. The number of hydrogen-bond donors (Lipinski definition) is 2. The Kier molecular flexibility index (Phi) is 5.64. The number of carbonyl (C=O) groups is 1. The number of anilines is 1. The quantitative estimate of drug-likeness (QED) is 0.637. The van der Waals surface area contributed by atoms with Crippen molar-refractivity contribution in [2.75, 3.05) is 17.3 Å². The fourth-order valence-electron chi connectivity index (χ4n) is 3.13. The van der Waals surface area contributed by atoms with E-state index in [1.165, 1.54) is 11.8 Å². The summed E-state index contributed by atoms with van der Waals surface area (Å²) in [7, 11) is 0. The summed E-state index contributed by atoms with van der Waals surface area (Å²) < 4.78 is 7.35. The molecule has 0 bridgehead atoms. The molecule has 1 amide bonds. The molecule has 2 heterocycles. The predicted molar refractivity (Wildman–Crippen MR) is 114 cm³/mol. The molecule has 2 N–H and O–H groups in total. The van der Waals surface area contributed by atoms with Gasteiger partial charge < -0.3 is 15.5 Å². The van der Waals surface area contributed by atoms with Gasteiger partial charge in [0.25, 0.3) is 0 Å². The van der Waals surface area contributed by atoms with Crippen molar-refractivity contribution < 1.29 is 9.53 Å². The maximum absolute atomic E-state index is 13.2. The largest absolute Gasteiger partial charge is 0.494 e. The topological polar surface area (TPSA) is 81.1 Å². The molecule has 0 aliphatic carbocycles. The van der Waals surface area contributed by atoms with Crippen LogP contribution in [0.5, 0.6) is 5.75 Å². The first kappa shape index (κ1) is 19.6. The van der Waals surface area contributed by atoms with E-state index in [9.17, 15) is 4.79 Å². The lowest BCUT2D eigenvalue weighted by molar-refractivity contribution is -0.116. The normalized spacial score (nSPS) is 17.9. The molecular formula is C20H20ClN5O2S. The van der Waals surface area contributed by atoms with Gasteiger partial charge in [-0.2, -0.15) is 0 Å². The van der Waals surface area contributed by atoms with Crippen molar-refractivity contribution in [2.45, 2.75) is 30.3 Å². The molecule has 1 aliphatic heterocycles. The molecule has 0 radical (unpaired) electrons. The Labute approximate surface area is 177 Å². The summed E-state index contributed by atoms with van der Waals surface area (Å²) >= 11 is 7.42. The molecule has 0 spiro atoms. The Balaban J connectivity index is 1.64. The number of benzene rings is 2. The van der Waals surface area contributed by atoms with Crippen LogP contribution in [0.4, 0.5) is 5.69 Å². The number of nitrogens with zero attached hydrogens (tertiary/aromatic N) is 3. The molecule has 1 aliphatic rings. The molecule has 9 heteroatoms. The molecule has 2 unspecified atom stereocenters. The summed E-state index contributed by atoms with van der Waals surface area (Å²) in [5.74, 6) is 1.38. The Hall–Kier alpha value is -2.71. The summed E-state index contributed by atoms with van der Waals surface area (Å²) in [5.41, 5.74) is 5.00. The van der Waals surface area contributed by atoms with Crippen LogP contribution in [0, 0.1) is 6.92 Å². The van der Waals surface area contributed by atoms with Gasteiger partial charge in [0.15, 0.2) is 0 Å².